The second kappa shape index (κ2) is 5.87. The molecule has 0 saturated heterocycles. The van der Waals surface area contributed by atoms with Gasteiger partial charge in [0.1, 0.15) is 0 Å². The predicted molar refractivity (Wildman–Crippen MR) is 98.2 cm³/mol. The summed E-state index contributed by atoms with van der Waals surface area (Å²) in [6.07, 6.45) is 9.16. The summed E-state index contributed by atoms with van der Waals surface area (Å²) in [5, 5.41) is 13.5. The van der Waals surface area contributed by atoms with E-state index in [2.05, 4.69) is 24.1 Å². The molecule has 2 aromatic rings. The third-order valence-corrected chi connectivity index (χ3v) is 5.25. The van der Waals surface area contributed by atoms with Gasteiger partial charge in [-0.05, 0) is 40.3 Å². The molecule has 0 radical (unpaired) electrons. The standard InChI is InChI=1S/C21H18N2O2/c1-2-5-14-12-19(22)18-11-10-16-15-7-4-3-6-13(15)8-9-17(16)20(18)21(14)23(24)25/h1,3-4,6-7,9-11,14,19H,5,8,12,22H2. The van der Waals surface area contributed by atoms with Crippen molar-refractivity contribution in [3.05, 3.63) is 68.1 Å². The van der Waals surface area contributed by atoms with E-state index in [4.69, 9.17) is 12.2 Å². The van der Waals surface area contributed by atoms with Crippen LogP contribution in [0.5, 0.6) is 0 Å². The third-order valence-electron chi connectivity index (χ3n) is 5.25. The molecule has 2 atom stereocenters. The van der Waals surface area contributed by atoms with Gasteiger partial charge in [0.25, 0.3) is 5.70 Å². The van der Waals surface area contributed by atoms with Crippen molar-refractivity contribution in [2.45, 2.75) is 25.3 Å². The molecule has 4 heteroatoms. The highest BCUT2D eigenvalue weighted by Crippen LogP contribution is 2.32. The van der Waals surface area contributed by atoms with Crippen molar-refractivity contribution in [2.75, 3.05) is 0 Å². The normalized spacial score (nSPS) is 20.6. The third kappa shape index (κ3) is 2.36. The van der Waals surface area contributed by atoms with E-state index < -0.39 is 0 Å². The van der Waals surface area contributed by atoms with E-state index in [9.17, 15) is 10.1 Å². The van der Waals surface area contributed by atoms with E-state index in [1.165, 1.54) is 5.56 Å². The zero-order chi connectivity index (χ0) is 17.6. The molecule has 0 aliphatic heterocycles. The first-order valence-electron chi connectivity index (χ1n) is 8.40. The fraction of sp³-hybridized carbons (Fsp3) is 0.238. The lowest BCUT2D eigenvalue weighted by atomic mass is 9.80. The lowest BCUT2D eigenvalue weighted by molar-refractivity contribution is -0.387. The van der Waals surface area contributed by atoms with Crippen molar-refractivity contribution in [3.63, 3.8) is 0 Å². The minimum absolute atomic E-state index is 0.224. The van der Waals surface area contributed by atoms with Crippen molar-refractivity contribution < 1.29 is 4.92 Å². The fourth-order valence-electron chi connectivity index (χ4n) is 4.16. The number of terminal acetylenes is 1. The Hall–Kier alpha value is -2.90. The molecular formula is C21H18N2O2. The number of hydrogen-bond acceptors (Lipinski definition) is 3. The molecule has 2 aromatic carbocycles. The molecule has 0 saturated carbocycles. The first-order chi connectivity index (χ1) is 12.1. The summed E-state index contributed by atoms with van der Waals surface area (Å²) in [6, 6.07) is 11.9. The van der Waals surface area contributed by atoms with Gasteiger partial charge in [0.15, 0.2) is 0 Å². The Labute approximate surface area is 145 Å². The van der Waals surface area contributed by atoms with Gasteiger partial charge >= 0.3 is 0 Å². The molecule has 124 valence electrons. The topological polar surface area (TPSA) is 69.2 Å². The largest absolute Gasteiger partial charge is 0.324 e. The number of hydrogen-bond donors (Lipinski definition) is 1. The Morgan fingerprint density at radius 3 is 2.80 bits per heavy atom. The van der Waals surface area contributed by atoms with Gasteiger partial charge in [-0.15, -0.1) is 12.3 Å². The first-order valence-corrected chi connectivity index (χ1v) is 8.40. The van der Waals surface area contributed by atoms with Crippen molar-refractivity contribution in [1.82, 2.24) is 0 Å². The van der Waals surface area contributed by atoms with Gasteiger partial charge in [-0.25, -0.2) is 0 Å². The second-order valence-corrected chi connectivity index (χ2v) is 6.65. The van der Waals surface area contributed by atoms with Crippen LogP contribution in [0.2, 0.25) is 0 Å². The lowest BCUT2D eigenvalue weighted by Crippen LogP contribution is -2.43. The number of nitro groups is 1. The molecule has 0 aromatic heterocycles. The average Bonchev–Trinajstić information content (AvgIpc) is 2.61. The zero-order valence-electron chi connectivity index (χ0n) is 13.7. The van der Waals surface area contributed by atoms with Crippen LogP contribution in [0.4, 0.5) is 0 Å². The van der Waals surface area contributed by atoms with E-state index in [0.717, 1.165) is 28.3 Å². The Morgan fingerprint density at radius 1 is 1.24 bits per heavy atom. The molecule has 25 heavy (non-hydrogen) atoms. The highest BCUT2D eigenvalue weighted by molar-refractivity contribution is 5.74. The van der Waals surface area contributed by atoms with Crippen LogP contribution in [0, 0.1) is 28.4 Å². The fourth-order valence-corrected chi connectivity index (χ4v) is 4.16. The Bertz CT molecular complexity index is 1050. The molecule has 0 spiro atoms. The van der Waals surface area contributed by atoms with Crippen LogP contribution in [-0.2, 0) is 6.42 Å². The molecule has 4 rings (SSSR count). The highest BCUT2D eigenvalue weighted by atomic mass is 16.6. The second-order valence-electron chi connectivity index (χ2n) is 6.65. The summed E-state index contributed by atoms with van der Waals surface area (Å²) < 4.78 is 0. The minimum Gasteiger partial charge on any atom is -0.324 e. The van der Waals surface area contributed by atoms with Gasteiger partial charge in [0, 0.05) is 12.5 Å². The lowest BCUT2D eigenvalue weighted by Gasteiger charge is -2.26. The Kier molecular flexibility index (Phi) is 3.67. The van der Waals surface area contributed by atoms with Gasteiger partial charge < -0.3 is 5.73 Å². The molecule has 2 aliphatic rings. The monoisotopic (exact) mass is 330 g/mol. The number of nitrogens with zero attached hydrogens (tertiary/aromatic N) is 1. The maximum absolute atomic E-state index is 11.9. The van der Waals surface area contributed by atoms with E-state index >= 15 is 0 Å². The maximum atomic E-state index is 11.9. The molecule has 0 amide bonds. The molecule has 0 fully saturated rings. The van der Waals surface area contributed by atoms with Crippen LogP contribution in [-0.4, -0.2) is 4.92 Å². The summed E-state index contributed by atoms with van der Waals surface area (Å²) in [7, 11) is 0. The Balaban J connectivity index is 2.12. The number of fused-ring (bicyclic) bond motifs is 5. The summed E-state index contributed by atoms with van der Waals surface area (Å²) in [5.74, 6) is 2.27. The van der Waals surface area contributed by atoms with Crippen LogP contribution >= 0.6 is 0 Å². The van der Waals surface area contributed by atoms with Crippen LogP contribution in [0.25, 0.3) is 22.9 Å². The molecule has 2 N–H and O–H groups in total. The highest BCUT2D eigenvalue weighted by Gasteiger charge is 2.34. The van der Waals surface area contributed by atoms with E-state index in [0.29, 0.717) is 18.1 Å². The van der Waals surface area contributed by atoms with Crippen LogP contribution in [0.1, 0.15) is 30.0 Å². The smallest absolute Gasteiger partial charge is 0.258 e. The molecule has 0 bridgehead atoms. The van der Waals surface area contributed by atoms with Gasteiger partial charge in [-0.2, -0.15) is 0 Å². The molecule has 2 aliphatic carbocycles. The Morgan fingerprint density at radius 2 is 2.04 bits per heavy atom. The molecule has 2 unspecified atom stereocenters. The van der Waals surface area contributed by atoms with Crippen molar-refractivity contribution >= 4 is 11.8 Å². The van der Waals surface area contributed by atoms with Crippen LogP contribution in [0.3, 0.4) is 0 Å². The maximum Gasteiger partial charge on any atom is 0.258 e. The summed E-state index contributed by atoms with van der Waals surface area (Å²) in [6.45, 7) is 0. The van der Waals surface area contributed by atoms with Gasteiger partial charge in [-0.1, -0.05) is 42.5 Å². The quantitative estimate of drug-likeness (QED) is 0.521. The molecule has 0 heterocycles. The van der Waals surface area contributed by atoms with Crippen LogP contribution in [0.15, 0.2) is 36.4 Å². The number of nitrogens with two attached hydrogens (primary N) is 1. The van der Waals surface area contributed by atoms with Crippen molar-refractivity contribution in [2.24, 2.45) is 11.7 Å². The van der Waals surface area contributed by atoms with Gasteiger partial charge in [0.05, 0.1) is 16.1 Å². The van der Waals surface area contributed by atoms with Gasteiger partial charge in [-0.3, -0.25) is 10.1 Å². The first kappa shape index (κ1) is 15.6. The summed E-state index contributed by atoms with van der Waals surface area (Å²) in [4.78, 5) is 11.6. The average molecular weight is 330 g/mol. The van der Waals surface area contributed by atoms with Crippen molar-refractivity contribution in [3.8, 4) is 23.5 Å². The predicted octanol–water partition coefficient (Wildman–Crippen LogP) is 2.12. The summed E-state index contributed by atoms with van der Waals surface area (Å²) >= 11 is 0. The van der Waals surface area contributed by atoms with Gasteiger partial charge in [0.2, 0.25) is 0 Å². The van der Waals surface area contributed by atoms with Crippen molar-refractivity contribution in [1.29, 1.82) is 0 Å². The van der Waals surface area contributed by atoms with E-state index in [-0.39, 0.29) is 22.6 Å². The van der Waals surface area contributed by atoms with E-state index in [1.54, 1.807) is 0 Å². The van der Waals surface area contributed by atoms with Crippen LogP contribution < -0.4 is 16.2 Å². The minimum atomic E-state index is -0.306. The zero-order valence-corrected chi connectivity index (χ0v) is 13.7. The summed E-state index contributed by atoms with van der Waals surface area (Å²) in [5.41, 5.74) is 10.8. The molecular weight excluding hydrogens is 312 g/mol. The van der Waals surface area contributed by atoms with E-state index in [1.807, 2.05) is 24.3 Å². The molecule has 4 nitrogen and oxygen atoms in total. The SMILES string of the molecule is C#CCC1CC(N)c2ccc3c(c2=C1[N+](=O)[O-])=CCc1ccccc1-3. The number of rotatable bonds is 2. The number of benzene rings is 2.